The Balaban J connectivity index is 1.84. The SMILES string of the molecule is COc1ccc(Cl)cc1C(=O)N1C[C@H](C)N(C(=O)c2cc(Cl)ccc2OC)C[C@H]1C. The Bertz CT molecular complexity index is 889. The Morgan fingerprint density at radius 2 is 1.17 bits per heavy atom. The number of piperazine rings is 1. The van der Waals surface area contributed by atoms with Gasteiger partial charge < -0.3 is 19.3 Å². The van der Waals surface area contributed by atoms with Crippen LogP contribution >= 0.6 is 23.2 Å². The van der Waals surface area contributed by atoms with Crippen LogP contribution in [0.15, 0.2) is 36.4 Å². The lowest BCUT2D eigenvalue weighted by Gasteiger charge is -2.44. The summed E-state index contributed by atoms with van der Waals surface area (Å²) in [5.74, 6) is 0.570. The molecule has 0 radical (unpaired) electrons. The topological polar surface area (TPSA) is 59.1 Å². The highest BCUT2D eigenvalue weighted by Crippen LogP contribution is 2.29. The first-order valence-corrected chi connectivity index (χ1v) is 10.3. The number of rotatable bonds is 4. The summed E-state index contributed by atoms with van der Waals surface area (Å²) < 4.78 is 10.7. The molecule has 1 heterocycles. The second-order valence-corrected chi connectivity index (χ2v) is 8.18. The van der Waals surface area contributed by atoms with E-state index in [9.17, 15) is 9.59 Å². The van der Waals surface area contributed by atoms with Gasteiger partial charge in [-0.25, -0.2) is 0 Å². The van der Waals surface area contributed by atoms with E-state index in [4.69, 9.17) is 32.7 Å². The van der Waals surface area contributed by atoms with Gasteiger partial charge in [0.2, 0.25) is 0 Å². The lowest BCUT2D eigenvalue weighted by Crippen LogP contribution is -2.59. The number of carbonyl (C=O) groups is 2. The first-order chi connectivity index (χ1) is 14.3. The zero-order chi connectivity index (χ0) is 22.0. The highest BCUT2D eigenvalue weighted by Gasteiger charge is 2.36. The molecule has 2 amide bonds. The number of hydrogen-bond donors (Lipinski definition) is 0. The molecule has 0 spiro atoms. The molecule has 0 saturated carbocycles. The molecule has 0 aromatic heterocycles. The summed E-state index contributed by atoms with van der Waals surface area (Å²) in [6.45, 7) is 4.58. The summed E-state index contributed by atoms with van der Waals surface area (Å²) in [6, 6.07) is 9.52. The smallest absolute Gasteiger partial charge is 0.258 e. The molecule has 0 aliphatic carbocycles. The molecular weight excluding hydrogens is 427 g/mol. The molecule has 1 saturated heterocycles. The fourth-order valence-corrected chi connectivity index (χ4v) is 4.04. The molecular formula is C22H24Cl2N2O4. The van der Waals surface area contributed by atoms with Crippen molar-refractivity contribution in [1.82, 2.24) is 9.80 Å². The standard InChI is InChI=1S/C22H24Cl2N2O4/c1-13-11-26(22(28)18-10-16(24)6-8-20(18)30-4)14(2)12-25(13)21(27)17-9-15(23)5-7-19(17)29-3/h5-10,13-14H,11-12H2,1-4H3/t13-,14+. The van der Waals surface area contributed by atoms with E-state index in [2.05, 4.69) is 0 Å². The molecule has 1 aliphatic rings. The van der Waals surface area contributed by atoms with E-state index in [0.717, 1.165) is 0 Å². The van der Waals surface area contributed by atoms with Gasteiger partial charge in [0.25, 0.3) is 11.8 Å². The molecule has 8 heteroatoms. The van der Waals surface area contributed by atoms with Crippen LogP contribution < -0.4 is 9.47 Å². The van der Waals surface area contributed by atoms with Gasteiger partial charge in [0.05, 0.1) is 25.3 Å². The van der Waals surface area contributed by atoms with Gasteiger partial charge in [-0.1, -0.05) is 23.2 Å². The average Bonchev–Trinajstić information content (AvgIpc) is 2.74. The molecule has 2 aromatic rings. The summed E-state index contributed by atoms with van der Waals surface area (Å²) in [7, 11) is 3.03. The normalized spacial score (nSPS) is 18.9. The fourth-order valence-electron chi connectivity index (χ4n) is 3.70. The predicted molar refractivity (Wildman–Crippen MR) is 117 cm³/mol. The molecule has 0 bridgehead atoms. The van der Waals surface area contributed by atoms with Crippen LogP contribution in [-0.4, -0.2) is 61.0 Å². The van der Waals surface area contributed by atoms with Crippen molar-refractivity contribution in [1.29, 1.82) is 0 Å². The molecule has 30 heavy (non-hydrogen) atoms. The van der Waals surface area contributed by atoms with E-state index in [-0.39, 0.29) is 23.9 Å². The minimum absolute atomic E-state index is 0.180. The number of benzene rings is 2. The van der Waals surface area contributed by atoms with Crippen LogP contribution in [0.4, 0.5) is 0 Å². The lowest BCUT2D eigenvalue weighted by molar-refractivity contribution is 0.0266. The summed E-state index contributed by atoms with van der Waals surface area (Å²) in [5.41, 5.74) is 0.806. The first-order valence-electron chi connectivity index (χ1n) is 9.55. The van der Waals surface area contributed by atoms with E-state index in [0.29, 0.717) is 45.8 Å². The minimum atomic E-state index is -0.202. The molecule has 1 aliphatic heterocycles. The van der Waals surface area contributed by atoms with E-state index in [1.807, 2.05) is 13.8 Å². The first kappa shape index (κ1) is 22.2. The number of amides is 2. The quantitative estimate of drug-likeness (QED) is 0.692. The van der Waals surface area contributed by atoms with Crippen LogP contribution in [0.3, 0.4) is 0 Å². The summed E-state index contributed by atoms with van der Waals surface area (Å²) in [4.78, 5) is 29.9. The van der Waals surface area contributed by atoms with Gasteiger partial charge in [-0.05, 0) is 50.2 Å². The summed E-state index contributed by atoms with van der Waals surface area (Å²) in [5, 5.41) is 0.920. The van der Waals surface area contributed by atoms with E-state index in [1.54, 1.807) is 46.2 Å². The van der Waals surface area contributed by atoms with E-state index in [1.165, 1.54) is 14.2 Å². The fraction of sp³-hybridized carbons (Fsp3) is 0.364. The van der Waals surface area contributed by atoms with Crippen molar-refractivity contribution in [2.75, 3.05) is 27.3 Å². The third kappa shape index (κ3) is 4.35. The van der Waals surface area contributed by atoms with E-state index < -0.39 is 0 Å². The third-order valence-electron chi connectivity index (χ3n) is 5.29. The molecule has 2 atom stereocenters. The maximum absolute atomic E-state index is 13.2. The summed E-state index contributed by atoms with van der Waals surface area (Å²) in [6.07, 6.45) is 0. The Kier molecular flexibility index (Phi) is 6.78. The number of methoxy groups -OCH3 is 2. The molecule has 6 nitrogen and oxygen atoms in total. The number of nitrogens with zero attached hydrogens (tertiary/aromatic N) is 2. The van der Waals surface area contributed by atoms with Gasteiger partial charge in [-0.15, -0.1) is 0 Å². The van der Waals surface area contributed by atoms with Crippen LogP contribution in [0.5, 0.6) is 11.5 Å². The Labute approximate surface area is 186 Å². The maximum atomic E-state index is 13.2. The molecule has 1 fully saturated rings. The highest BCUT2D eigenvalue weighted by molar-refractivity contribution is 6.31. The van der Waals surface area contributed by atoms with Gasteiger partial charge >= 0.3 is 0 Å². The average molecular weight is 451 g/mol. The maximum Gasteiger partial charge on any atom is 0.258 e. The molecule has 3 rings (SSSR count). The van der Waals surface area contributed by atoms with Crippen molar-refractivity contribution >= 4 is 35.0 Å². The van der Waals surface area contributed by atoms with Crippen LogP contribution in [-0.2, 0) is 0 Å². The monoisotopic (exact) mass is 450 g/mol. The molecule has 160 valence electrons. The van der Waals surface area contributed by atoms with Gasteiger partial charge in [-0.3, -0.25) is 9.59 Å². The minimum Gasteiger partial charge on any atom is -0.496 e. The van der Waals surface area contributed by atoms with Crippen LogP contribution in [0.2, 0.25) is 10.0 Å². The zero-order valence-electron chi connectivity index (χ0n) is 17.3. The van der Waals surface area contributed by atoms with Crippen molar-refractivity contribution < 1.29 is 19.1 Å². The Morgan fingerprint density at radius 3 is 1.50 bits per heavy atom. The number of hydrogen-bond acceptors (Lipinski definition) is 4. The zero-order valence-corrected chi connectivity index (χ0v) is 18.8. The van der Waals surface area contributed by atoms with Gasteiger partial charge in [-0.2, -0.15) is 0 Å². The van der Waals surface area contributed by atoms with Crippen molar-refractivity contribution in [3.63, 3.8) is 0 Å². The summed E-state index contributed by atoms with van der Waals surface area (Å²) >= 11 is 12.2. The van der Waals surface area contributed by atoms with Gasteiger partial charge in [0, 0.05) is 35.2 Å². The molecule has 0 unspecified atom stereocenters. The molecule has 0 N–H and O–H groups in total. The van der Waals surface area contributed by atoms with Crippen LogP contribution in [0.1, 0.15) is 34.6 Å². The van der Waals surface area contributed by atoms with Crippen LogP contribution in [0, 0.1) is 0 Å². The third-order valence-corrected chi connectivity index (χ3v) is 5.76. The van der Waals surface area contributed by atoms with Crippen molar-refractivity contribution in [2.24, 2.45) is 0 Å². The Hall–Kier alpha value is -2.44. The van der Waals surface area contributed by atoms with Crippen LogP contribution in [0.25, 0.3) is 0 Å². The van der Waals surface area contributed by atoms with E-state index >= 15 is 0 Å². The predicted octanol–water partition coefficient (Wildman–Crippen LogP) is 4.39. The van der Waals surface area contributed by atoms with Crippen molar-refractivity contribution in [3.8, 4) is 11.5 Å². The largest absolute Gasteiger partial charge is 0.496 e. The highest BCUT2D eigenvalue weighted by atomic mass is 35.5. The van der Waals surface area contributed by atoms with Gasteiger partial charge in [0.15, 0.2) is 0 Å². The number of carbonyl (C=O) groups excluding carboxylic acids is 2. The van der Waals surface area contributed by atoms with Crippen molar-refractivity contribution in [2.45, 2.75) is 25.9 Å². The molecule has 2 aromatic carbocycles. The second-order valence-electron chi connectivity index (χ2n) is 7.30. The number of halogens is 2. The Morgan fingerprint density at radius 1 is 0.800 bits per heavy atom. The van der Waals surface area contributed by atoms with Gasteiger partial charge in [0.1, 0.15) is 11.5 Å². The number of ether oxygens (including phenoxy) is 2. The lowest BCUT2D eigenvalue weighted by atomic mass is 10.0. The van der Waals surface area contributed by atoms with Crippen molar-refractivity contribution in [3.05, 3.63) is 57.6 Å². The second kappa shape index (κ2) is 9.14.